The molecule has 0 saturated carbocycles. The highest BCUT2D eigenvalue weighted by Crippen LogP contribution is 2.18. The molecular weight excluding hydrogens is 474 g/mol. The Bertz CT molecular complexity index is 560. The van der Waals surface area contributed by atoms with Gasteiger partial charge in [-0.2, -0.15) is 0 Å². The van der Waals surface area contributed by atoms with E-state index in [9.17, 15) is 14.4 Å². The number of carboxylic acid groups (broad SMARTS) is 3. The van der Waals surface area contributed by atoms with Crippen LogP contribution in [-0.2, 0) is 14.4 Å². The predicted octanol–water partition coefficient (Wildman–Crippen LogP) is -0.145. The third-order valence-electron chi connectivity index (χ3n) is 6.54. The number of aliphatic hydroxyl groups is 3. The van der Waals surface area contributed by atoms with Gasteiger partial charge in [0.05, 0.1) is 19.8 Å². The van der Waals surface area contributed by atoms with Gasteiger partial charge in [0, 0.05) is 44.7 Å². The number of aliphatic hydroxyl groups excluding tert-OH is 3. The Hall–Kier alpha value is -1.83. The smallest absolute Gasteiger partial charge is 0.320 e. The number of rotatable bonds is 13. The fraction of sp³-hybridized carbons (Fsp3) is 0.875. The Morgan fingerprint density at radius 1 is 0.583 bits per heavy atom. The van der Waals surface area contributed by atoms with Gasteiger partial charge in [-0.1, -0.05) is 27.7 Å². The van der Waals surface area contributed by atoms with Crippen LogP contribution < -0.4 is 0 Å². The molecule has 0 bridgehead atoms. The van der Waals surface area contributed by atoms with Crippen LogP contribution in [0.5, 0.6) is 0 Å². The molecule has 3 unspecified atom stereocenters. The van der Waals surface area contributed by atoms with Crippen molar-refractivity contribution in [2.45, 2.75) is 71.5 Å². The number of aliphatic carboxylic acids is 3. The second kappa shape index (κ2) is 17.6. The van der Waals surface area contributed by atoms with Crippen LogP contribution in [0.15, 0.2) is 0 Å². The molecule has 212 valence electrons. The molecule has 0 aromatic rings. The highest BCUT2D eigenvalue weighted by molar-refractivity contribution is 5.74. The third-order valence-corrected chi connectivity index (χ3v) is 6.54. The fourth-order valence-electron chi connectivity index (χ4n) is 3.36. The van der Waals surface area contributed by atoms with Crippen molar-refractivity contribution < 1.29 is 45.0 Å². The van der Waals surface area contributed by atoms with Gasteiger partial charge in [-0.15, -0.1) is 0 Å². The largest absolute Gasteiger partial charge is 0.480 e. The fourth-order valence-corrected chi connectivity index (χ4v) is 3.36. The Kier molecular flexibility index (Phi) is 16.7. The molecule has 3 fully saturated rings. The first kappa shape index (κ1) is 34.2. The first-order valence-corrected chi connectivity index (χ1v) is 12.7. The van der Waals surface area contributed by atoms with Crippen molar-refractivity contribution in [2.24, 2.45) is 5.41 Å². The standard InChI is InChI=1S/3C6H11NO2.C6H14O3/c3*1-2-5(6(8)9)7-3-4-7;1-2-6(3-7,4-8)5-9/h3*5H,2-4H2,1H3,(H,8,9);7-9H,2-5H2,1H3. The lowest BCUT2D eigenvalue weighted by Gasteiger charge is -2.24. The molecule has 36 heavy (non-hydrogen) atoms. The highest BCUT2D eigenvalue weighted by atomic mass is 16.4. The van der Waals surface area contributed by atoms with Gasteiger partial charge in [0.2, 0.25) is 0 Å². The van der Waals surface area contributed by atoms with Crippen LogP contribution in [0.1, 0.15) is 53.4 Å². The molecule has 0 aromatic carbocycles. The molecule has 0 amide bonds. The lowest BCUT2D eigenvalue weighted by molar-refractivity contribution is -0.142. The van der Waals surface area contributed by atoms with Gasteiger partial charge in [-0.3, -0.25) is 29.1 Å². The van der Waals surface area contributed by atoms with Crippen molar-refractivity contribution in [1.82, 2.24) is 14.7 Å². The molecule has 3 aliphatic heterocycles. The summed E-state index contributed by atoms with van der Waals surface area (Å²) in [4.78, 5) is 37.0. The van der Waals surface area contributed by atoms with Gasteiger partial charge >= 0.3 is 17.9 Å². The quantitative estimate of drug-likeness (QED) is 0.177. The first-order valence-electron chi connectivity index (χ1n) is 12.7. The van der Waals surface area contributed by atoms with E-state index in [0.717, 1.165) is 58.5 Å². The van der Waals surface area contributed by atoms with Gasteiger partial charge in [-0.25, -0.2) is 0 Å². The number of hydrogen-bond donors (Lipinski definition) is 6. The molecule has 3 aliphatic rings. The zero-order chi connectivity index (χ0) is 27.9. The zero-order valence-corrected chi connectivity index (χ0v) is 22.2. The minimum atomic E-state index is -0.685. The van der Waals surface area contributed by atoms with E-state index in [1.807, 2.05) is 42.4 Å². The summed E-state index contributed by atoms with van der Waals surface area (Å²) < 4.78 is 0. The maximum absolute atomic E-state index is 10.4. The molecule has 0 aromatic heterocycles. The molecule has 3 saturated heterocycles. The van der Waals surface area contributed by atoms with E-state index in [1.165, 1.54) is 0 Å². The number of nitrogens with zero attached hydrogens (tertiary/aromatic N) is 3. The highest BCUT2D eigenvalue weighted by Gasteiger charge is 2.32. The first-order chi connectivity index (χ1) is 17.0. The maximum Gasteiger partial charge on any atom is 0.320 e. The Morgan fingerprint density at radius 2 is 0.806 bits per heavy atom. The van der Waals surface area contributed by atoms with E-state index in [1.54, 1.807) is 0 Å². The van der Waals surface area contributed by atoms with Gasteiger partial charge < -0.3 is 30.6 Å². The SMILES string of the molecule is CCC(C(=O)O)N1CC1.CCC(C(=O)O)N1CC1.CCC(C(=O)O)N1CC1.CCC(CO)(CO)CO. The summed E-state index contributed by atoms with van der Waals surface area (Å²) in [7, 11) is 0. The molecule has 0 spiro atoms. The van der Waals surface area contributed by atoms with Crippen molar-refractivity contribution in [2.75, 3.05) is 59.1 Å². The van der Waals surface area contributed by atoms with Crippen LogP contribution in [0.3, 0.4) is 0 Å². The number of hydrogen-bond acceptors (Lipinski definition) is 9. The summed E-state index contributed by atoms with van der Waals surface area (Å²) in [6.07, 6.45) is 2.75. The van der Waals surface area contributed by atoms with E-state index in [-0.39, 0.29) is 37.9 Å². The second-order valence-corrected chi connectivity index (χ2v) is 9.22. The predicted molar refractivity (Wildman–Crippen MR) is 134 cm³/mol. The second-order valence-electron chi connectivity index (χ2n) is 9.22. The van der Waals surface area contributed by atoms with Crippen LogP contribution in [-0.4, -0.2) is 140 Å². The molecule has 12 nitrogen and oxygen atoms in total. The molecule has 3 heterocycles. The average molecular weight is 522 g/mol. The topological polar surface area (TPSA) is 182 Å². The van der Waals surface area contributed by atoms with Gasteiger partial charge in [-0.05, 0) is 25.7 Å². The van der Waals surface area contributed by atoms with Gasteiger partial charge in [0.1, 0.15) is 18.1 Å². The van der Waals surface area contributed by atoms with Crippen LogP contribution in [0.2, 0.25) is 0 Å². The lowest BCUT2D eigenvalue weighted by Crippen LogP contribution is -2.32. The van der Waals surface area contributed by atoms with E-state index in [4.69, 9.17) is 30.6 Å². The minimum absolute atomic E-state index is 0.156. The van der Waals surface area contributed by atoms with Crippen molar-refractivity contribution in [1.29, 1.82) is 0 Å². The summed E-state index contributed by atoms with van der Waals surface area (Å²) in [5.74, 6) is -2.06. The van der Waals surface area contributed by atoms with Gasteiger partial charge in [0.25, 0.3) is 0 Å². The van der Waals surface area contributed by atoms with Crippen molar-refractivity contribution in [3.63, 3.8) is 0 Å². The molecule has 3 rings (SSSR count). The zero-order valence-electron chi connectivity index (χ0n) is 22.2. The molecule has 12 heteroatoms. The third kappa shape index (κ3) is 12.9. The molecular formula is C24H47N3O9. The summed E-state index contributed by atoms with van der Waals surface area (Å²) >= 11 is 0. The van der Waals surface area contributed by atoms with Crippen molar-refractivity contribution in [3.8, 4) is 0 Å². The van der Waals surface area contributed by atoms with Crippen LogP contribution in [0, 0.1) is 5.41 Å². The monoisotopic (exact) mass is 521 g/mol. The average Bonchev–Trinajstić information content (AvgIpc) is 3.68. The van der Waals surface area contributed by atoms with E-state index >= 15 is 0 Å². The van der Waals surface area contributed by atoms with Gasteiger partial charge in [0.15, 0.2) is 0 Å². The molecule has 3 atom stereocenters. The Balaban J connectivity index is 0.000000454. The van der Waals surface area contributed by atoms with Crippen LogP contribution in [0.4, 0.5) is 0 Å². The normalized spacial score (nSPS) is 19.1. The molecule has 0 aliphatic carbocycles. The summed E-state index contributed by atoms with van der Waals surface area (Å²) in [5.41, 5.74) is -0.667. The Morgan fingerprint density at radius 3 is 0.833 bits per heavy atom. The summed E-state index contributed by atoms with van der Waals surface area (Å²) in [6.45, 7) is 12.8. The van der Waals surface area contributed by atoms with Crippen molar-refractivity contribution >= 4 is 17.9 Å². The van der Waals surface area contributed by atoms with E-state index in [2.05, 4.69) is 0 Å². The molecule has 0 radical (unpaired) electrons. The number of carboxylic acids is 3. The van der Waals surface area contributed by atoms with E-state index in [0.29, 0.717) is 6.42 Å². The Labute approximate surface area is 214 Å². The van der Waals surface area contributed by atoms with Crippen molar-refractivity contribution in [3.05, 3.63) is 0 Å². The number of carbonyl (C=O) groups is 3. The summed E-state index contributed by atoms with van der Waals surface area (Å²) in [6, 6.07) is -0.653. The molecule has 6 N–H and O–H groups in total. The summed E-state index contributed by atoms with van der Waals surface area (Å²) in [5, 5.41) is 51.6. The van der Waals surface area contributed by atoms with E-state index < -0.39 is 23.3 Å². The lowest BCUT2D eigenvalue weighted by atomic mass is 9.88. The maximum atomic E-state index is 10.4. The van der Waals surface area contributed by atoms with Crippen LogP contribution in [0.25, 0.3) is 0 Å². The van der Waals surface area contributed by atoms with Crippen LogP contribution >= 0.6 is 0 Å². The minimum Gasteiger partial charge on any atom is -0.480 e.